The minimum atomic E-state index is -0.227. The lowest BCUT2D eigenvalue weighted by atomic mass is 10.0. The third-order valence-corrected chi connectivity index (χ3v) is 2.66. The number of rotatable bonds is 1. The van der Waals surface area contributed by atoms with Crippen molar-refractivity contribution in [3.05, 3.63) is 65.2 Å². The van der Waals surface area contributed by atoms with E-state index in [4.69, 9.17) is 0 Å². The number of hydrogen-bond donors (Lipinski definition) is 0. The van der Waals surface area contributed by atoms with Gasteiger partial charge >= 0.3 is 0 Å². The molecule has 2 heteroatoms. The van der Waals surface area contributed by atoms with E-state index in [0.717, 1.165) is 15.6 Å². The van der Waals surface area contributed by atoms with Gasteiger partial charge in [-0.2, -0.15) is 0 Å². The Morgan fingerprint density at radius 3 is 2.53 bits per heavy atom. The fourth-order valence-corrected chi connectivity index (χ4v) is 1.80. The van der Waals surface area contributed by atoms with Crippen LogP contribution in [0, 0.1) is 12.7 Å². The van der Waals surface area contributed by atoms with E-state index in [1.165, 1.54) is 6.07 Å². The first-order chi connectivity index (χ1) is 7.16. The molecule has 0 aromatic heterocycles. The van der Waals surface area contributed by atoms with Crippen LogP contribution < -0.4 is 0 Å². The fourth-order valence-electron chi connectivity index (χ4n) is 1.46. The Morgan fingerprint density at radius 1 is 1.07 bits per heavy atom. The Kier molecular flexibility index (Phi) is 2.87. The van der Waals surface area contributed by atoms with Crippen molar-refractivity contribution in [2.45, 2.75) is 0 Å². The molecule has 0 saturated carbocycles. The predicted molar refractivity (Wildman–Crippen MR) is 64.0 cm³/mol. The summed E-state index contributed by atoms with van der Waals surface area (Å²) in [6.45, 7) is 3.82. The van der Waals surface area contributed by atoms with Crippen LogP contribution in [0.15, 0.2) is 46.9 Å². The second-order valence-corrected chi connectivity index (χ2v) is 4.24. The maximum absolute atomic E-state index is 13.6. The molecule has 1 radical (unpaired) electrons. The molecule has 0 atom stereocenters. The highest BCUT2D eigenvalue weighted by molar-refractivity contribution is 9.10. The topological polar surface area (TPSA) is 0 Å². The van der Waals surface area contributed by atoms with Crippen LogP contribution in [0.4, 0.5) is 4.39 Å². The van der Waals surface area contributed by atoms with Crippen molar-refractivity contribution in [3.8, 4) is 11.1 Å². The molecule has 0 unspecified atom stereocenters. The van der Waals surface area contributed by atoms with E-state index in [1.807, 2.05) is 30.3 Å². The molecule has 0 spiro atoms. The van der Waals surface area contributed by atoms with Gasteiger partial charge in [-0.3, -0.25) is 0 Å². The van der Waals surface area contributed by atoms with Gasteiger partial charge in [0.1, 0.15) is 5.82 Å². The van der Waals surface area contributed by atoms with Gasteiger partial charge in [0, 0.05) is 10.0 Å². The third kappa shape index (κ3) is 2.26. The van der Waals surface area contributed by atoms with Crippen LogP contribution in [0.1, 0.15) is 5.56 Å². The van der Waals surface area contributed by atoms with Crippen LogP contribution in [0.3, 0.4) is 0 Å². The second-order valence-electron chi connectivity index (χ2n) is 3.32. The fraction of sp³-hybridized carbons (Fsp3) is 0. The summed E-state index contributed by atoms with van der Waals surface area (Å²) < 4.78 is 14.4. The average molecular weight is 264 g/mol. The van der Waals surface area contributed by atoms with Gasteiger partial charge in [-0.25, -0.2) is 4.39 Å². The highest BCUT2D eigenvalue weighted by Crippen LogP contribution is 2.25. The molecule has 0 bridgehead atoms. The lowest BCUT2D eigenvalue weighted by Crippen LogP contribution is -1.84. The van der Waals surface area contributed by atoms with E-state index in [-0.39, 0.29) is 5.82 Å². The van der Waals surface area contributed by atoms with E-state index in [0.29, 0.717) is 5.56 Å². The third-order valence-electron chi connectivity index (χ3n) is 2.17. The summed E-state index contributed by atoms with van der Waals surface area (Å²) in [5.41, 5.74) is 2.34. The molecule has 0 aliphatic rings. The molecule has 2 aromatic carbocycles. The van der Waals surface area contributed by atoms with Gasteiger partial charge in [0.25, 0.3) is 0 Å². The summed E-state index contributed by atoms with van der Waals surface area (Å²) in [6.07, 6.45) is 0. The molecule has 0 N–H and O–H groups in total. The maximum atomic E-state index is 13.6. The van der Waals surface area contributed by atoms with Crippen molar-refractivity contribution in [3.63, 3.8) is 0 Å². The normalized spacial score (nSPS) is 10.3. The SMILES string of the molecule is [CH2]c1cccc(-c2ccc(Br)cc2F)c1. The van der Waals surface area contributed by atoms with Crippen LogP contribution in [-0.4, -0.2) is 0 Å². The van der Waals surface area contributed by atoms with E-state index in [9.17, 15) is 4.39 Å². The first-order valence-corrected chi connectivity index (χ1v) is 5.33. The van der Waals surface area contributed by atoms with Crippen molar-refractivity contribution < 1.29 is 4.39 Å². The number of hydrogen-bond acceptors (Lipinski definition) is 0. The molecule has 2 rings (SSSR count). The van der Waals surface area contributed by atoms with Crippen LogP contribution in [-0.2, 0) is 0 Å². The van der Waals surface area contributed by atoms with Crippen molar-refractivity contribution in [2.24, 2.45) is 0 Å². The van der Waals surface area contributed by atoms with Crippen molar-refractivity contribution >= 4 is 15.9 Å². The Morgan fingerprint density at radius 2 is 1.87 bits per heavy atom. The molecule has 0 amide bonds. The highest BCUT2D eigenvalue weighted by Gasteiger charge is 2.04. The zero-order valence-electron chi connectivity index (χ0n) is 8.00. The van der Waals surface area contributed by atoms with Gasteiger partial charge in [-0.1, -0.05) is 46.3 Å². The van der Waals surface area contributed by atoms with Crippen molar-refractivity contribution in [2.75, 3.05) is 0 Å². The second kappa shape index (κ2) is 4.15. The quantitative estimate of drug-likeness (QED) is 0.714. The molecule has 0 saturated heterocycles. The Balaban J connectivity index is 2.54. The molecular formula is C13H9BrF. The first kappa shape index (κ1) is 10.4. The molecule has 15 heavy (non-hydrogen) atoms. The Hall–Kier alpha value is -1.15. The van der Waals surface area contributed by atoms with Gasteiger partial charge in [0.15, 0.2) is 0 Å². The van der Waals surface area contributed by atoms with Gasteiger partial charge in [-0.05, 0) is 30.2 Å². The monoisotopic (exact) mass is 263 g/mol. The van der Waals surface area contributed by atoms with Gasteiger partial charge in [0.05, 0.1) is 0 Å². The average Bonchev–Trinajstić information content (AvgIpc) is 2.17. The molecule has 0 heterocycles. The van der Waals surface area contributed by atoms with Crippen molar-refractivity contribution in [1.82, 2.24) is 0 Å². The zero-order valence-corrected chi connectivity index (χ0v) is 9.59. The molecule has 0 aliphatic heterocycles. The van der Waals surface area contributed by atoms with Gasteiger partial charge in [-0.15, -0.1) is 0 Å². The summed E-state index contributed by atoms with van der Waals surface area (Å²) in [7, 11) is 0. The van der Waals surface area contributed by atoms with Crippen LogP contribution >= 0.6 is 15.9 Å². The van der Waals surface area contributed by atoms with Crippen LogP contribution in [0.25, 0.3) is 11.1 Å². The maximum Gasteiger partial charge on any atom is 0.132 e. The van der Waals surface area contributed by atoms with E-state index in [2.05, 4.69) is 22.9 Å². The Labute approximate surface area is 96.9 Å². The summed E-state index contributed by atoms with van der Waals surface area (Å²) in [4.78, 5) is 0. The zero-order chi connectivity index (χ0) is 10.8. The summed E-state index contributed by atoms with van der Waals surface area (Å²) in [6, 6.07) is 12.6. The van der Waals surface area contributed by atoms with Crippen molar-refractivity contribution in [1.29, 1.82) is 0 Å². The standard InChI is InChI=1S/C13H9BrF/c1-9-3-2-4-10(7-9)12-6-5-11(14)8-13(12)15/h2-8H,1H2. The highest BCUT2D eigenvalue weighted by atomic mass is 79.9. The molecule has 0 aliphatic carbocycles. The van der Waals surface area contributed by atoms with Crippen LogP contribution in [0.5, 0.6) is 0 Å². The Bertz CT molecular complexity index is 492. The predicted octanol–water partition coefficient (Wildman–Crippen LogP) is 4.44. The summed E-state index contributed by atoms with van der Waals surface area (Å²) in [5, 5.41) is 0. The largest absolute Gasteiger partial charge is 0.206 e. The first-order valence-electron chi connectivity index (χ1n) is 4.54. The van der Waals surface area contributed by atoms with E-state index in [1.54, 1.807) is 6.07 Å². The summed E-state index contributed by atoms with van der Waals surface area (Å²) >= 11 is 3.23. The minimum absolute atomic E-state index is 0.227. The number of benzene rings is 2. The molecule has 0 nitrogen and oxygen atoms in total. The van der Waals surface area contributed by atoms with Crippen LogP contribution in [0.2, 0.25) is 0 Å². The molecular weight excluding hydrogens is 255 g/mol. The van der Waals surface area contributed by atoms with E-state index >= 15 is 0 Å². The smallest absolute Gasteiger partial charge is 0.132 e. The lowest BCUT2D eigenvalue weighted by molar-refractivity contribution is 0.630. The summed E-state index contributed by atoms with van der Waals surface area (Å²) in [5.74, 6) is -0.227. The lowest BCUT2D eigenvalue weighted by Gasteiger charge is -2.04. The van der Waals surface area contributed by atoms with E-state index < -0.39 is 0 Å². The number of halogens is 2. The minimum Gasteiger partial charge on any atom is -0.206 e. The van der Waals surface area contributed by atoms with Gasteiger partial charge < -0.3 is 0 Å². The van der Waals surface area contributed by atoms with Gasteiger partial charge in [0.2, 0.25) is 0 Å². The molecule has 2 aromatic rings. The molecule has 75 valence electrons. The molecule has 0 fully saturated rings.